The van der Waals surface area contributed by atoms with Crippen molar-refractivity contribution in [3.05, 3.63) is 110 Å². The van der Waals surface area contributed by atoms with Gasteiger partial charge in [0, 0.05) is 57.2 Å². The monoisotopic (exact) mass is 620 g/mol. The average molecular weight is 622 g/mol. The van der Waals surface area contributed by atoms with Crippen molar-refractivity contribution in [3.63, 3.8) is 0 Å². The maximum Gasteiger partial charge on any atom is 0.252 e. The van der Waals surface area contributed by atoms with Crippen molar-refractivity contribution in [3.8, 4) is 5.75 Å². The van der Waals surface area contributed by atoms with Crippen molar-refractivity contribution in [2.24, 2.45) is 4.99 Å². The summed E-state index contributed by atoms with van der Waals surface area (Å²) in [5.41, 5.74) is 0.714. The Morgan fingerprint density at radius 1 is 1.05 bits per heavy atom. The normalized spacial score (nSPS) is 18.1. The third-order valence-corrected chi connectivity index (χ3v) is 7.57. The highest BCUT2D eigenvalue weighted by atomic mass is 35.5. The number of nitrogens with zero attached hydrogens (tertiary/aromatic N) is 1. The molecule has 210 valence electrons. The van der Waals surface area contributed by atoms with Crippen LogP contribution in [0.4, 0.5) is 0 Å². The maximum absolute atomic E-state index is 13.9. The molecular weight excluding hydrogens is 594 g/mol. The fourth-order valence-corrected chi connectivity index (χ4v) is 5.43. The lowest BCUT2D eigenvalue weighted by Crippen LogP contribution is -2.48. The minimum atomic E-state index is -1.38. The van der Waals surface area contributed by atoms with Crippen LogP contribution in [0, 0.1) is 0 Å². The Labute approximate surface area is 253 Å². The number of carbonyl (C=O) groups is 1. The van der Waals surface area contributed by atoms with Gasteiger partial charge in [0.25, 0.3) is 5.91 Å². The number of amides is 1. The number of aliphatic hydroxyl groups excluding tert-OH is 1. The summed E-state index contributed by atoms with van der Waals surface area (Å²) in [6.45, 7) is 4.65. The van der Waals surface area contributed by atoms with Crippen LogP contribution in [0.15, 0.2) is 78.3 Å². The molecule has 0 spiro atoms. The van der Waals surface area contributed by atoms with Gasteiger partial charge in [-0.15, -0.1) is 6.58 Å². The van der Waals surface area contributed by atoms with Gasteiger partial charge in [0.05, 0.1) is 6.61 Å². The van der Waals surface area contributed by atoms with Crippen molar-refractivity contribution in [1.29, 1.82) is 0 Å². The first kappa shape index (κ1) is 30.2. The van der Waals surface area contributed by atoms with Gasteiger partial charge in [0.15, 0.2) is 11.6 Å². The van der Waals surface area contributed by atoms with Gasteiger partial charge in [-0.1, -0.05) is 64.6 Å². The smallest absolute Gasteiger partial charge is 0.252 e. The molecule has 6 nitrogen and oxygen atoms in total. The third kappa shape index (κ3) is 6.93. The van der Waals surface area contributed by atoms with Crippen LogP contribution in [0.3, 0.4) is 0 Å². The van der Waals surface area contributed by atoms with Gasteiger partial charge in [0.1, 0.15) is 5.75 Å². The van der Waals surface area contributed by atoms with E-state index in [-0.39, 0.29) is 24.8 Å². The number of aliphatic imine (C=N–C) groups is 1. The van der Waals surface area contributed by atoms with E-state index in [0.717, 1.165) is 5.56 Å². The van der Waals surface area contributed by atoms with Crippen molar-refractivity contribution >= 4 is 58.2 Å². The second-order valence-corrected chi connectivity index (χ2v) is 10.9. The summed E-state index contributed by atoms with van der Waals surface area (Å²) in [6.07, 6.45) is 2.01. The molecule has 1 aliphatic rings. The molecule has 0 bridgehead atoms. The highest BCUT2D eigenvalue weighted by Gasteiger charge is 2.53. The van der Waals surface area contributed by atoms with Crippen LogP contribution in [0.25, 0.3) is 0 Å². The summed E-state index contributed by atoms with van der Waals surface area (Å²) < 4.78 is 12.0. The van der Waals surface area contributed by atoms with Crippen LogP contribution in [-0.2, 0) is 16.0 Å². The molecule has 10 heteroatoms. The van der Waals surface area contributed by atoms with E-state index in [1.54, 1.807) is 60.7 Å². The Kier molecular flexibility index (Phi) is 10.4. The van der Waals surface area contributed by atoms with E-state index in [2.05, 4.69) is 11.9 Å². The molecule has 0 unspecified atom stereocenters. The van der Waals surface area contributed by atoms with E-state index in [1.165, 1.54) is 0 Å². The van der Waals surface area contributed by atoms with Crippen molar-refractivity contribution in [2.45, 2.75) is 30.9 Å². The van der Waals surface area contributed by atoms with Crippen LogP contribution in [0.5, 0.6) is 5.75 Å². The Morgan fingerprint density at radius 2 is 1.75 bits per heavy atom. The molecule has 2 N–H and O–H groups in total. The van der Waals surface area contributed by atoms with Gasteiger partial charge in [-0.2, -0.15) is 0 Å². The first-order chi connectivity index (χ1) is 19.3. The first-order valence-corrected chi connectivity index (χ1v) is 14.2. The minimum absolute atomic E-state index is 0.0531. The predicted octanol–water partition coefficient (Wildman–Crippen LogP) is 7.25. The van der Waals surface area contributed by atoms with Crippen molar-refractivity contribution in [1.82, 2.24) is 5.32 Å². The van der Waals surface area contributed by atoms with E-state index < -0.39 is 11.6 Å². The van der Waals surface area contributed by atoms with Crippen LogP contribution in [0.2, 0.25) is 20.1 Å². The van der Waals surface area contributed by atoms with E-state index in [4.69, 9.17) is 66.0 Å². The molecule has 0 fully saturated rings. The molecule has 4 rings (SSSR count). The molecule has 1 heterocycles. The van der Waals surface area contributed by atoms with Crippen molar-refractivity contribution in [2.75, 3.05) is 19.8 Å². The number of hydrogen-bond donors (Lipinski definition) is 2. The fourth-order valence-electron chi connectivity index (χ4n) is 4.41. The van der Waals surface area contributed by atoms with Gasteiger partial charge in [0.2, 0.25) is 5.90 Å². The second-order valence-electron chi connectivity index (χ2n) is 9.19. The zero-order valence-electron chi connectivity index (χ0n) is 21.5. The van der Waals surface area contributed by atoms with Crippen molar-refractivity contribution < 1.29 is 19.4 Å². The lowest BCUT2D eigenvalue weighted by molar-refractivity contribution is -0.128. The number of rotatable bonds is 12. The minimum Gasteiger partial charge on any atom is -0.494 e. The predicted molar refractivity (Wildman–Crippen MR) is 161 cm³/mol. The highest BCUT2D eigenvalue weighted by Crippen LogP contribution is 2.45. The molecule has 0 aromatic heterocycles. The Balaban J connectivity index is 1.64. The Morgan fingerprint density at radius 3 is 2.40 bits per heavy atom. The second kappa shape index (κ2) is 13.7. The summed E-state index contributed by atoms with van der Waals surface area (Å²) in [5.74, 6) is 0.590. The van der Waals surface area contributed by atoms with E-state index in [0.29, 0.717) is 63.0 Å². The summed E-state index contributed by atoms with van der Waals surface area (Å²) in [4.78, 5) is 18.8. The van der Waals surface area contributed by atoms with Gasteiger partial charge in [-0.05, 0) is 60.5 Å². The quantitative estimate of drug-likeness (QED) is 0.165. The summed E-state index contributed by atoms with van der Waals surface area (Å²) in [7, 11) is 0. The zero-order chi connectivity index (χ0) is 28.7. The largest absolute Gasteiger partial charge is 0.494 e. The summed E-state index contributed by atoms with van der Waals surface area (Å²) in [5, 5.41) is 13.9. The standard InChI is InChI=1S/C30H28Cl4N2O4/c1-2-13-30(29(38)35-14-12-19-4-7-21(31)17-25(19)33)27(24-11-8-22(32)18-26(24)34)40-28(36-30)20-5-9-23(10-6-20)39-16-3-15-37/h2,4-11,17-18,27,37H,1,3,12-16H2,(H,35,38)/t27-,30-/m1/s1. The number of aliphatic hydroxyl groups is 1. The van der Waals surface area contributed by atoms with E-state index >= 15 is 0 Å². The van der Waals surface area contributed by atoms with Gasteiger partial charge in [-0.25, -0.2) is 4.99 Å². The number of ether oxygens (including phenoxy) is 2. The lowest BCUT2D eigenvalue weighted by atomic mass is 9.84. The average Bonchev–Trinajstić information content (AvgIpc) is 3.31. The molecule has 40 heavy (non-hydrogen) atoms. The molecule has 0 radical (unpaired) electrons. The van der Waals surface area contributed by atoms with E-state index in [1.807, 2.05) is 6.07 Å². The zero-order valence-corrected chi connectivity index (χ0v) is 24.5. The molecule has 0 saturated carbocycles. The van der Waals surface area contributed by atoms with Gasteiger partial charge < -0.3 is 19.9 Å². The molecule has 1 amide bonds. The maximum atomic E-state index is 13.9. The number of carbonyl (C=O) groups excluding carboxylic acids is 1. The molecule has 3 aromatic rings. The summed E-state index contributed by atoms with van der Waals surface area (Å²) >= 11 is 25.1. The van der Waals surface area contributed by atoms with Crippen LogP contribution in [0.1, 0.15) is 35.6 Å². The Hall–Kier alpha value is -2.74. The number of nitrogens with one attached hydrogen (secondary N) is 1. The van der Waals surface area contributed by atoms with Crippen LogP contribution >= 0.6 is 46.4 Å². The molecule has 3 aromatic carbocycles. The molecule has 0 saturated heterocycles. The van der Waals surface area contributed by atoms with E-state index in [9.17, 15) is 4.79 Å². The topological polar surface area (TPSA) is 80.2 Å². The number of benzene rings is 3. The Bertz CT molecular complexity index is 1400. The van der Waals surface area contributed by atoms with Gasteiger partial charge in [-0.3, -0.25) is 4.79 Å². The molecular formula is C30H28Cl4N2O4. The molecule has 0 aliphatic carbocycles. The number of hydrogen-bond acceptors (Lipinski definition) is 5. The van der Waals surface area contributed by atoms with Gasteiger partial charge >= 0.3 is 0 Å². The lowest BCUT2D eigenvalue weighted by Gasteiger charge is -2.30. The SMILES string of the molecule is C=CC[C@@]1(C(=O)NCCc2ccc(Cl)cc2Cl)N=C(c2ccc(OCCCO)cc2)O[C@@H]1c1ccc(Cl)cc1Cl. The van der Waals surface area contributed by atoms with Crippen LogP contribution < -0.4 is 10.1 Å². The third-order valence-electron chi connectivity index (χ3n) is 6.43. The number of halogens is 4. The molecule has 2 atom stereocenters. The summed E-state index contributed by atoms with van der Waals surface area (Å²) in [6, 6.07) is 17.5. The van der Waals surface area contributed by atoms with Crippen LogP contribution in [-0.4, -0.2) is 42.2 Å². The first-order valence-electron chi connectivity index (χ1n) is 12.7. The fraction of sp³-hybridized carbons (Fsp3) is 0.267. The molecule has 1 aliphatic heterocycles. The highest BCUT2D eigenvalue weighted by molar-refractivity contribution is 6.35.